The monoisotopic (exact) mass is 336 g/mol. The Morgan fingerprint density at radius 2 is 1.75 bits per heavy atom. The number of rotatable bonds is 5. The Kier molecular flexibility index (Phi) is 5.15. The van der Waals surface area contributed by atoms with Gasteiger partial charge in [0.15, 0.2) is 0 Å². The van der Waals surface area contributed by atoms with Crippen LogP contribution in [0.3, 0.4) is 0 Å². The molecular weight excluding hydrogens is 319 g/mol. The van der Waals surface area contributed by atoms with Crippen molar-refractivity contribution in [2.75, 3.05) is 19.0 Å². The Hall–Kier alpha value is -1.39. The molecule has 0 unspecified atom stereocenters. The lowest BCUT2D eigenvalue weighted by Crippen LogP contribution is -2.17. The second-order valence-corrected chi connectivity index (χ2v) is 5.65. The fourth-order valence-corrected chi connectivity index (χ4v) is 2.85. The molecule has 4 heteroatoms. The van der Waals surface area contributed by atoms with Gasteiger partial charge in [0.2, 0.25) is 0 Å². The molecule has 0 spiro atoms. The highest BCUT2D eigenvalue weighted by atomic mass is 79.9. The van der Waals surface area contributed by atoms with E-state index in [2.05, 4.69) is 44.3 Å². The van der Waals surface area contributed by atoms with Gasteiger partial charge in [-0.2, -0.15) is 0 Å². The number of hydrogen-bond acceptors (Lipinski definition) is 2. The molecule has 0 heterocycles. The maximum absolute atomic E-state index is 12.9. The average Bonchev–Trinajstić information content (AvgIpc) is 2.42. The first-order chi connectivity index (χ1) is 9.60. The largest absolute Gasteiger partial charge is 0.369 e. The highest BCUT2D eigenvalue weighted by molar-refractivity contribution is 9.10. The van der Waals surface area contributed by atoms with E-state index in [4.69, 9.17) is 0 Å². The van der Waals surface area contributed by atoms with Gasteiger partial charge in [-0.1, -0.05) is 18.2 Å². The summed E-state index contributed by atoms with van der Waals surface area (Å²) in [6.07, 6.45) is 0. The SMILES string of the molecule is CNCc1ccc(N(C)Cc2ccc(F)cc2)c(Br)c1. The molecule has 0 aliphatic rings. The Morgan fingerprint density at radius 1 is 1.10 bits per heavy atom. The predicted octanol–water partition coefficient (Wildman–Crippen LogP) is 3.94. The van der Waals surface area contributed by atoms with Gasteiger partial charge in [-0.25, -0.2) is 4.39 Å². The lowest BCUT2D eigenvalue weighted by atomic mass is 10.1. The number of anilines is 1. The highest BCUT2D eigenvalue weighted by Gasteiger charge is 2.07. The number of nitrogens with zero attached hydrogens (tertiary/aromatic N) is 1. The van der Waals surface area contributed by atoms with Crippen molar-refractivity contribution in [1.29, 1.82) is 0 Å². The summed E-state index contributed by atoms with van der Waals surface area (Å²) in [4.78, 5) is 2.14. The molecule has 0 saturated heterocycles. The molecule has 0 radical (unpaired) electrons. The van der Waals surface area contributed by atoms with Gasteiger partial charge in [-0.15, -0.1) is 0 Å². The molecule has 0 aliphatic heterocycles. The number of hydrogen-bond donors (Lipinski definition) is 1. The summed E-state index contributed by atoms with van der Waals surface area (Å²) < 4.78 is 14.0. The molecule has 0 aromatic heterocycles. The topological polar surface area (TPSA) is 15.3 Å². The molecule has 0 fully saturated rings. The van der Waals surface area contributed by atoms with Crippen molar-refractivity contribution in [3.63, 3.8) is 0 Å². The van der Waals surface area contributed by atoms with Gasteiger partial charge < -0.3 is 10.2 Å². The highest BCUT2D eigenvalue weighted by Crippen LogP contribution is 2.27. The Bertz CT molecular complexity index is 569. The summed E-state index contributed by atoms with van der Waals surface area (Å²) in [6.45, 7) is 1.59. The molecule has 2 aromatic rings. The lowest BCUT2D eigenvalue weighted by molar-refractivity contribution is 0.627. The lowest BCUT2D eigenvalue weighted by Gasteiger charge is -2.21. The fourth-order valence-electron chi connectivity index (χ4n) is 2.12. The van der Waals surface area contributed by atoms with Crippen molar-refractivity contribution in [2.24, 2.45) is 0 Å². The third-order valence-corrected chi connectivity index (χ3v) is 3.77. The quantitative estimate of drug-likeness (QED) is 0.889. The molecule has 2 aromatic carbocycles. The zero-order valence-electron chi connectivity index (χ0n) is 11.7. The van der Waals surface area contributed by atoms with Crippen LogP contribution in [0.15, 0.2) is 46.9 Å². The Labute approximate surface area is 127 Å². The molecule has 0 saturated carbocycles. The van der Waals surface area contributed by atoms with Crippen molar-refractivity contribution < 1.29 is 4.39 Å². The summed E-state index contributed by atoms with van der Waals surface area (Å²) in [5.74, 6) is -0.200. The van der Waals surface area contributed by atoms with Crippen LogP contribution in [0.25, 0.3) is 0 Å². The Morgan fingerprint density at radius 3 is 2.35 bits per heavy atom. The summed E-state index contributed by atoms with van der Waals surface area (Å²) in [6, 6.07) is 12.9. The summed E-state index contributed by atoms with van der Waals surface area (Å²) in [7, 11) is 3.96. The van der Waals surface area contributed by atoms with Gasteiger partial charge in [-0.3, -0.25) is 0 Å². The minimum atomic E-state index is -0.200. The van der Waals surface area contributed by atoms with E-state index in [1.807, 2.05) is 26.2 Å². The fraction of sp³-hybridized carbons (Fsp3) is 0.250. The van der Waals surface area contributed by atoms with Crippen molar-refractivity contribution in [2.45, 2.75) is 13.1 Å². The third-order valence-electron chi connectivity index (χ3n) is 3.14. The predicted molar refractivity (Wildman–Crippen MR) is 85.4 cm³/mol. The number of benzene rings is 2. The first-order valence-electron chi connectivity index (χ1n) is 6.49. The van der Waals surface area contributed by atoms with E-state index in [-0.39, 0.29) is 5.82 Å². The van der Waals surface area contributed by atoms with Crippen LogP contribution in [0, 0.1) is 5.82 Å². The van der Waals surface area contributed by atoms with Gasteiger partial charge in [0.05, 0.1) is 5.69 Å². The normalized spacial score (nSPS) is 10.6. The summed E-state index contributed by atoms with van der Waals surface area (Å²) in [5.41, 5.74) is 3.44. The van der Waals surface area contributed by atoms with E-state index in [0.29, 0.717) is 0 Å². The summed E-state index contributed by atoms with van der Waals surface area (Å²) in [5, 5.41) is 3.14. The molecule has 0 bridgehead atoms. The molecular formula is C16H18BrFN2. The number of nitrogens with one attached hydrogen (secondary N) is 1. The van der Waals surface area contributed by atoms with E-state index < -0.39 is 0 Å². The zero-order chi connectivity index (χ0) is 14.5. The molecule has 2 nitrogen and oxygen atoms in total. The first kappa shape index (κ1) is 15.0. The van der Waals surface area contributed by atoms with Gasteiger partial charge >= 0.3 is 0 Å². The minimum Gasteiger partial charge on any atom is -0.369 e. The molecule has 2 rings (SSSR count). The van der Waals surface area contributed by atoms with Gasteiger partial charge in [0, 0.05) is 24.6 Å². The maximum Gasteiger partial charge on any atom is 0.123 e. The molecule has 20 heavy (non-hydrogen) atoms. The van der Waals surface area contributed by atoms with Crippen LogP contribution in [0.5, 0.6) is 0 Å². The van der Waals surface area contributed by atoms with E-state index in [1.165, 1.54) is 17.7 Å². The second kappa shape index (κ2) is 6.86. The van der Waals surface area contributed by atoms with Crippen LogP contribution < -0.4 is 10.2 Å². The summed E-state index contributed by atoms with van der Waals surface area (Å²) >= 11 is 3.61. The second-order valence-electron chi connectivity index (χ2n) is 4.80. The number of halogens is 2. The molecule has 0 atom stereocenters. The smallest absolute Gasteiger partial charge is 0.123 e. The van der Waals surface area contributed by atoms with Crippen molar-refractivity contribution in [1.82, 2.24) is 5.32 Å². The molecule has 0 aliphatic carbocycles. The minimum absolute atomic E-state index is 0.200. The van der Waals surface area contributed by atoms with Crippen LogP contribution in [-0.2, 0) is 13.1 Å². The van der Waals surface area contributed by atoms with E-state index >= 15 is 0 Å². The van der Waals surface area contributed by atoms with Crippen molar-refractivity contribution >= 4 is 21.6 Å². The van der Waals surface area contributed by atoms with E-state index in [0.717, 1.165) is 28.8 Å². The van der Waals surface area contributed by atoms with Crippen LogP contribution >= 0.6 is 15.9 Å². The van der Waals surface area contributed by atoms with Gasteiger partial charge in [0.25, 0.3) is 0 Å². The van der Waals surface area contributed by atoms with Crippen molar-refractivity contribution in [3.05, 3.63) is 63.9 Å². The zero-order valence-corrected chi connectivity index (χ0v) is 13.2. The van der Waals surface area contributed by atoms with Crippen LogP contribution in [0.2, 0.25) is 0 Å². The average molecular weight is 337 g/mol. The van der Waals surface area contributed by atoms with Crippen molar-refractivity contribution in [3.8, 4) is 0 Å². The van der Waals surface area contributed by atoms with E-state index in [1.54, 1.807) is 0 Å². The molecule has 1 N–H and O–H groups in total. The van der Waals surface area contributed by atoms with Crippen LogP contribution in [0.4, 0.5) is 10.1 Å². The van der Waals surface area contributed by atoms with E-state index in [9.17, 15) is 4.39 Å². The maximum atomic E-state index is 12.9. The molecule has 106 valence electrons. The molecule has 0 amide bonds. The van der Waals surface area contributed by atoms with Crippen LogP contribution in [0.1, 0.15) is 11.1 Å². The van der Waals surface area contributed by atoms with Gasteiger partial charge in [0.1, 0.15) is 5.82 Å². The standard InChI is InChI=1S/C16H18BrFN2/c1-19-10-13-5-8-16(15(17)9-13)20(2)11-12-3-6-14(18)7-4-12/h3-9,19H,10-11H2,1-2H3. The third kappa shape index (κ3) is 3.81. The first-order valence-corrected chi connectivity index (χ1v) is 7.28. The van der Waals surface area contributed by atoms with Crippen LogP contribution in [-0.4, -0.2) is 14.1 Å². The van der Waals surface area contributed by atoms with Gasteiger partial charge in [-0.05, 0) is 58.4 Å². The Balaban J connectivity index is 2.12.